The Hall–Kier alpha value is -0.140. The van der Waals surface area contributed by atoms with Gasteiger partial charge in [-0.3, -0.25) is 4.18 Å². The maximum atomic E-state index is 11.8. The minimum Gasteiger partial charge on any atom is -0.270 e. The zero-order valence-electron chi connectivity index (χ0n) is 12.2. The summed E-state index contributed by atoms with van der Waals surface area (Å²) in [7, 11) is -6.90. The first-order valence-electron chi connectivity index (χ1n) is 7.46. The Morgan fingerprint density at radius 1 is 1.05 bits per heavy atom. The van der Waals surface area contributed by atoms with E-state index in [1.165, 1.54) is 25.7 Å². The molecule has 5 nitrogen and oxygen atoms in total. The zero-order chi connectivity index (χ0) is 15.1. The molecule has 0 bridgehead atoms. The molecule has 0 spiro atoms. The monoisotopic (exact) mass is 326 g/mol. The summed E-state index contributed by atoms with van der Waals surface area (Å²) < 4.78 is 51.1. The molecule has 1 unspecified atom stereocenters. The molecule has 1 aliphatic heterocycles. The van der Waals surface area contributed by atoms with Crippen molar-refractivity contribution in [2.45, 2.75) is 63.5 Å². The average Bonchev–Trinajstić information content (AvgIpc) is 2.74. The summed E-state index contributed by atoms with van der Waals surface area (Å²) in [5.41, 5.74) is 0. The van der Waals surface area contributed by atoms with Crippen LogP contribution in [-0.2, 0) is 24.1 Å². The van der Waals surface area contributed by atoms with Gasteiger partial charge in [-0.15, -0.1) is 0 Å². The van der Waals surface area contributed by atoms with Crippen molar-refractivity contribution in [3.63, 3.8) is 0 Å². The van der Waals surface area contributed by atoms with Gasteiger partial charge in [0.1, 0.15) is 5.25 Å². The smallest absolute Gasteiger partial charge is 0.270 e. The minimum absolute atomic E-state index is 0.0440. The highest BCUT2D eigenvalue weighted by Gasteiger charge is 2.37. The Kier molecular flexibility index (Phi) is 7.47. The molecule has 1 heterocycles. The molecule has 1 fully saturated rings. The number of sulfone groups is 1. The Morgan fingerprint density at radius 2 is 1.65 bits per heavy atom. The maximum Gasteiger partial charge on any atom is 0.271 e. The molecular weight excluding hydrogens is 300 g/mol. The first-order valence-corrected chi connectivity index (χ1v) is 10.8. The first-order chi connectivity index (χ1) is 9.37. The van der Waals surface area contributed by atoms with Gasteiger partial charge in [0.05, 0.1) is 18.1 Å². The zero-order valence-corrected chi connectivity index (χ0v) is 13.8. The van der Waals surface area contributed by atoms with E-state index >= 15 is 0 Å². The van der Waals surface area contributed by atoms with Gasteiger partial charge in [0.2, 0.25) is 0 Å². The van der Waals surface area contributed by atoms with E-state index < -0.39 is 25.2 Å². The second-order valence-electron chi connectivity index (χ2n) is 5.46. The third-order valence-electron chi connectivity index (χ3n) is 3.59. The van der Waals surface area contributed by atoms with Gasteiger partial charge < -0.3 is 0 Å². The van der Waals surface area contributed by atoms with E-state index in [0.29, 0.717) is 6.42 Å². The number of unbranched alkanes of at least 4 members (excludes halogenated alkanes) is 6. The average molecular weight is 326 g/mol. The number of rotatable bonds is 10. The summed E-state index contributed by atoms with van der Waals surface area (Å²) >= 11 is 0. The van der Waals surface area contributed by atoms with Gasteiger partial charge in [0, 0.05) is 0 Å². The van der Waals surface area contributed by atoms with Crippen LogP contribution < -0.4 is 0 Å². The van der Waals surface area contributed by atoms with E-state index in [-0.39, 0.29) is 24.5 Å². The predicted molar refractivity (Wildman–Crippen MR) is 79.9 cm³/mol. The largest absolute Gasteiger partial charge is 0.271 e. The fraction of sp³-hybridized carbons (Fsp3) is 1.00. The molecule has 1 saturated heterocycles. The van der Waals surface area contributed by atoms with Crippen LogP contribution in [0, 0.1) is 0 Å². The van der Waals surface area contributed by atoms with E-state index in [1.807, 2.05) is 0 Å². The van der Waals surface area contributed by atoms with Gasteiger partial charge in [-0.05, 0) is 12.8 Å². The van der Waals surface area contributed by atoms with Gasteiger partial charge in [0.15, 0.2) is 9.84 Å². The normalized spacial score (nSPS) is 22.1. The molecule has 0 amide bonds. The number of hydrogen-bond donors (Lipinski definition) is 0. The summed E-state index contributed by atoms with van der Waals surface area (Å²) in [5.74, 6) is -0.329. The van der Waals surface area contributed by atoms with Crippen molar-refractivity contribution in [2.75, 3.05) is 18.1 Å². The highest BCUT2D eigenvalue weighted by Crippen LogP contribution is 2.20. The molecule has 0 aromatic heterocycles. The third kappa shape index (κ3) is 6.54. The van der Waals surface area contributed by atoms with Gasteiger partial charge in [0.25, 0.3) is 10.1 Å². The van der Waals surface area contributed by atoms with Crippen molar-refractivity contribution in [2.24, 2.45) is 0 Å². The van der Waals surface area contributed by atoms with Crippen molar-refractivity contribution >= 4 is 20.0 Å². The van der Waals surface area contributed by atoms with Crippen LogP contribution in [0.4, 0.5) is 0 Å². The van der Waals surface area contributed by atoms with Crippen LogP contribution in [0.15, 0.2) is 0 Å². The van der Waals surface area contributed by atoms with Crippen molar-refractivity contribution in [3.05, 3.63) is 0 Å². The van der Waals surface area contributed by atoms with E-state index in [1.54, 1.807) is 0 Å². The Labute approximate surface area is 123 Å². The lowest BCUT2D eigenvalue weighted by atomic mass is 10.1. The third-order valence-corrected chi connectivity index (χ3v) is 7.29. The molecule has 0 N–H and O–H groups in total. The molecule has 1 atom stereocenters. The van der Waals surface area contributed by atoms with Crippen LogP contribution in [0.3, 0.4) is 0 Å². The Bertz CT molecular complexity index is 467. The lowest BCUT2D eigenvalue weighted by Crippen LogP contribution is -2.25. The summed E-state index contributed by atoms with van der Waals surface area (Å²) in [6, 6.07) is 0. The van der Waals surface area contributed by atoms with E-state index in [9.17, 15) is 16.8 Å². The van der Waals surface area contributed by atoms with Crippen molar-refractivity contribution in [1.29, 1.82) is 0 Å². The molecule has 7 heteroatoms. The first kappa shape index (κ1) is 17.9. The quantitative estimate of drug-likeness (QED) is 0.454. The standard InChI is InChI=1S/C13H26O5S2/c1-2-3-4-5-6-7-8-10-18-20(16,17)13-9-11-19(14,15)12-13/h13H,2-12H2,1H3. The lowest BCUT2D eigenvalue weighted by Gasteiger charge is -2.10. The highest BCUT2D eigenvalue weighted by molar-refractivity contribution is 7.94. The second kappa shape index (κ2) is 8.34. The molecule has 0 saturated carbocycles. The molecule has 0 aromatic rings. The van der Waals surface area contributed by atoms with Crippen LogP contribution >= 0.6 is 0 Å². The molecular formula is C13H26O5S2. The molecule has 0 aromatic carbocycles. The van der Waals surface area contributed by atoms with Crippen LogP contribution in [-0.4, -0.2) is 40.2 Å². The molecule has 120 valence electrons. The topological polar surface area (TPSA) is 77.5 Å². The van der Waals surface area contributed by atoms with Gasteiger partial charge in [-0.1, -0.05) is 45.4 Å². The summed E-state index contributed by atoms with van der Waals surface area (Å²) in [6.07, 6.45) is 7.82. The van der Waals surface area contributed by atoms with Crippen molar-refractivity contribution in [1.82, 2.24) is 0 Å². The summed E-state index contributed by atoms with van der Waals surface area (Å²) in [5, 5.41) is -0.864. The van der Waals surface area contributed by atoms with Crippen LogP contribution in [0.2, 0.25) is 0 Å². The Morgan fingerprint density at radius 3 is 2.20 bits per heavy atom. The molecule has 0 radical (unpaired) electrons. The second-order valence-corrected chi connectivity index (χ2v) is 9.58. The van der Waals surface area contributed by atoms with E-state index in [0.717, 1.165) is 12.8 Å². The maximum absolute atomic E-state index is 11.8. The number of hydrogen-bond acceptors (Lipinski definition) is 5. The molecule has 0 aliphatic carbocycles. The Balaban J connectivity index is 2.15. The van der Waals surface area contributed by atoms with Crippen LogP contribution in [0.25, 0.3) is 0 Å². The van der Waals surface area contributed by atoms with Crippen molar-refractivity contribution in [3.8, 4) is 0 Å². The van der Waals surface area contributed by atoms with Crippen LogP contribution in [0.1, 0.15) is 58.3 Å². The van der Waals surface area contributed by atoms with Gasteiger partial charge in [-0.25, -0.2) is 8.42 Å². The molecule has 1 aliphatic rings. The lowest BCUT2D eigenvalue weighted by molar-refractivity contribution is 0.301. The van der Waals surface area contributed by atoms with Gasteiger partial charge in [-0.2, -0.15) is 8.42 Å². The molecule has 20 heavy (non-hydrogen) atoms. The van der Waals surface area contributed by atoms with Crippen LogP contribution in [0.5, 0.6) is 0 Å². The van der Waals surface area contributed by atoms with E-state index in [2.05, 4.69) is 6.92 Å². The summed E-state index contributed by atoms with van der Waals surface area (Å²) in [4.78, 5) is 0. The fourth-order valence-electron chi connectivity index (χ4n) is 2.32. The highest BCUT2D eigenvalue weighted by atomic mass is 32.2. The molecule has 1 rings (SSSR count). The van der Waals surface area contributed by atoms with Crippen molar-refractivity contribution < 1.29 is 21.0 Å². The van der Waals surface area contributed by atoms with E-state index in [4.69, 9.17) is 4.18 Å². The minimum atomic E-state index is -3.71. The van der Waals surface area contributed by atoms with Gasteiger partial charge >= 0.3 is 0 Å². The predicted octanol–water partition coefficient (Wildman–Crippen LogP) is 2.27. The SMILES string of the molecule is CCCCCCCCCOS(=O)(=O)C1CCS(=O)(=O)C1. The summed E-state index contributed by atoms with van der Waals surface area (Å²) in [6.45, 7) is 2.34. The fourth-order valence-corrected chi connectivity index (χ4v) is 6.25.